The molecular weight excluding hydrogens is 268 g/mol. The average molecular weight is 282 g/mol. The normalized spacial score (nSPS) is 10.7. The lowest BCUT2D eigenvalue weighted by Gasteiger charge is -2.06. The first-order valence-electron chi connectivity index (χ1n) is 6.47. The van der Waals surface area contributed by atoms with Crippen molar-refractivity contribution in [1.29, 1.82) is 0 Å². The molecule has 4 N–H and O–H groups in total. The summed E-state index contributed by atoms with van der Waals surface area (Å²) in [5.74, 6) is 0. The number of benzene rings is 2. The third-order valence-electron chi connectivity index (χ3n) is 3.20. The minimum Gasteiger partial charge on any atom is -0.399 e. The summed E-state index contributed by atoms with van der Waals surface area (Å²) in [6, 6.07) is 13.9. The fraction of sp³-hybridized carbons (Fsp3) is 0.0667. The zero-order valence-corrected chi connectivity index (χ0v) is 11.2. The van der Waals surface area contributed by atoms with E-state index in [9.17, 15) is 9.59 Å². The molecule has 0 radical (unpaired) electrons. The van der Waals surface area contributed by atoms with Crippen molar-refractivity contribution in [2.45, 2.75) is 6.54 Å². The number of H-pyrrole nitrogens is 1. The molecule has 0 saturated heterocycles. The fourth-order valence-electron chi connectivity index (χ4n) is 2.17. The number of aromatic nitrogens is 2. The molecule has 1 amide bonds. The summed E-state index contributed by atoms with van der Waals surface area (Å²) in [6.45, 7) is 0.348. The molecule has 6 heteroatoms. The molecule has 0 saturated carbocycles. The van der Waals surface area contributed by atoms with Crippen molar-refractivity contribution in [1.82, 2.24) is 14.9 Å². The zero-order chi connectivity index (χ0) is 14.8. The molecule has 0 fully saturated rings. The molecule has 0 aliphatic carbocycles. The van der Waals surface area contributed by atoms with Crippen LogP contribution < -0.4 is 16.7 Å². The van der Waals surface area contributed by atoms with Crippen LogP contribution in [0.1, 0.15) is 5.56 Å². The van der Waals surface area contributed by atoms with Gasteiger partial charge in [0.15, 0.2) is 0 Å². The minimum absolute atomic E-state index is 0.348. The number of nitrogens with one attached hydrogen (secondary N) is 2. The molecule has 1 aromatic heterocycles. The molecule has 0 aliphatic heterocycles. The van der Waals surface area contributed by atoms with Gasteiger partial charge in [-0.3, -0.25) is 0 Å². The van der Waals surface area contributed by atoms with Crippen molar-refractivity contribution in [3.63, 3.8) is 0 Å². The number of hydrogen-bond acceptors (Lipinski definition) is 3. The maximum absolute atomic E-state index is 12.2. The second-order valence-electron chi connectivity index (χ2n) is 4.69. The van der Waals surface area contributed by atoms with Crippen molar-refractivity contribution in [2.24, 2.45) is 0 Å². The zero-order valence-electron chi connectivity index (χ0n) is 11.2. The molecule has 0 spiro atoms. The van der Waals surface area contributed by atoms with Crippen LogP contribution in [-0.2, 0) is 6.54 Å². The van der Waals surface area contributed by atoms with E-state index in [0.29, 0.717) is 23.3 Å². The third kappa shape index (κ3) is 2.51. The number of rotatable bonds is 2. The number of anilines is 1. The average Bonchev–Trinajstić information content (AvgIpc) is 2.81. The topological polar surface area (TPSA) is 92.9 Å². The number of imidazole rings is 1. The second-order valence-corrected chi connectivity index (χ2v) is 4.69. The monoisotopic (exact) mass is 282 g/mol. The van der Waals surface area contributed by atoms with Crippen molar-refractivity contribution in [2.75, 3.05) is 5.73 Å². The Balaban J connectivity index is 1.89. The van der Waals surface area contributed by atoms with E-state index in [1.54, 1.807) is 18.2 Å². The Morgan fingerprint density at radius 3 is 2.71 bits per heavy atom. The number of fused-ring (bicyclic) bond motifs is 1. The smallest absolute Gasteiger partial charge is 0.334 e. The second kappa shape index (κ2) is 5.16. The van der Waals surface area contributed by atoms with Crippen LogP contribution >= 0.6 is 0 Å². The van der Waals surface area contributed by atoms with Crippen LogP contribution in [0.2, 0.25) is 0 Å². The quantitative estimate of drug-likeness (QED) is 0.624. The Hall–Kier alpha value is -3.02. The van der Waals surface area contributed by atoms with Gasteiger partial charge in [0.05, 0.1) is 11.0 Å². The van der Waals surface area contributed by atoms with Crippen LogP contribution in [0.4, 0.5) is 10.5 Å². The molecule has 0 bridgehead atoms. The lowest BCUT2D eigenvalue weighted by Crippen LogP contribution is -2.34. The van der Waals surface area contributed by atoms with Crippen molar-refractivity contribution in [3.8, 4) is 0 Å². The summed E-state index contributed by atoms with van der Waals surface area (Å²) in [5, 5.41) is 2.72. The summed E-state index contributed by atoms with van der Waals surface area (Å²) >= 11 is 0. The van der Waals surface area contributed by atoms with Gasteiger partial charge in [-0.25, -0.2) is 14.2 Å². The number of nitrogens with two attached hydrogens (primary N) is 1. The largest absolute Gasteiger partial charge is 0.399 e. The van der Waals surface area contributed by atoms with E-state index in [0.717, 1.165) is 10.1 Å². The summed E-state index contributed by atoms with van der Waals surface area (Å²) in [5.41, 5.74) is 7.71. The molecule has 1 heterocycles. The maximum atomic E-state index is 12.2. The number of amides is 1. The molecule has 0 unspecified atom stereocenters. The van der Waals surface area contributed by atoms with Crippen LogP contribution in [-0.4, -0.2) is 15.6 Å². The SMILES string of the molecule is Nc1ccc2[nH]c(=O)n(C(=O)NCc3ccccc3)c2c1. The highest BCUT2D eigenvalue weighted by atomic mass is 16.2. The van der Waals surface area contributed by atoms with Crippen molar-refractivity contribution in [3.05, 3.63) is 64.6 Å². The Bertz CT molecular complexity index is 849. The highest BCUT2D eigenvalue weighted by Gasteiger charge is 2.13. The lowest BCUT2D eigenvalue weighted by molar-refractivity contribution is 0.242. The Morgan fingerprint density at radius 2 is 1.95 bits per heavy atom. The van der Waals surface area contributed by atoms with E-state index in [1.807, 2.05) is 30.3 Å². The first-order chi connectivity index (χ1) is 10.1. The predicted octanol–water partition coefficient (Wildman–Crippen LogP) is 1.67. The summed E-state index contributed by atoms with van der Waals surface area (Å²) in [4.78, 5) is 26.7. The first-order valence-corrected chi connectivity index (χ1v) is 6.47. The Morgan fingerprint density at radius 1 is 1.19 bits per heavy atom. The Kier molecular flexibility index (Phi) is 3.19. The van der Waals surface area contributed by atoms with Gasteiger partial charge in [-0.1, -0.05) is 30.3 Å². The highest BCUT2D eigenvalue weighted by molar-refractivity contribution is 5.90. The Labute approximate surface area is 120 Å². The molecule has 3 aromatic rings. The van der Waals surface area contributed by atoms with E-state index in [-0.39, 0.29) is 0 Å². The molecule has 3 rings (SSSR count). The van der Waals surface area contributed by atoms with E-state index in [1.165, 1.54) is 0 Å². The third-order valence-corrected chi connectivity index (χ3v) is 3.20. The lowest BCUT2D eigenvalue weighted by atomic mass is 10.2. The van der Waals surface area contributed by atoms with E-state index < -0.39 is 11.7 Å². The van der Waals surface area contributed by atoms with Gasteiger partial charge in [-0.15, -0.1) is 0 Å². The highest BCUT2D eigenvalue weighted by Crippen LogP contribution is 2.13. The van der Waals surface area contributed by atoms with Gasteiger partial charge in [0, 0.05) is 12.2 Å². The van der Waals surface area contributed by atoms with Crippen molar-refractivity contribution >= 4 is 22.8 Å². The number of carbonyl (C=O) groups excluding carboxylic acids is 1. The number of nitrogens with zero attached hydrogens (tertiary/aromatic N) is 1. The van der Waals surface area contributed by atoms with Crippen LogP contribution in [0.15, 0.2) is 53.3 Å². The van der Waals surface area contributed by atoms with E-state index in [4.69, 9.17) is 5.73 Å². The van der Waals surface area contributed by atoms with E-state index >= 15 is 0 Å². The number of aromatic amines is 1. The van der Waals surface area contributed by atoms with Crippen LogP contribution in [0.5, 0.6) is 0 Å². The standard InChI is InChI=1S/C15H14N4O2/c16-11-6-7-12-13(8-11)19(15(21)18-12)14(20)17-9-10-4-2-1-3-5-10/h1-8H,9,16H2,(H,17,20)(H,18,21). The van der Waals surface area contributed by atoms with Gasteiger partial charge in [-0.2, -0.15) is 0 Å². The van der Waals surface area contributed by atoms with Crippen LogP contribution in [0, 0.1) is 0 Å². The molecule has 21 heavy (non-hydrogen) atoms. The number of carbonyl (C=O) groups is 1. The van der Waals surface area contributed by atoms with Gasteiger partial charge in [-0.05, 0) is 23.8 Å². The molecule has 6 nitrogen and oxygen atoms in total. The summed E-state index contributed by atoms with van der Waals surface area (Å²) in [7, 11) is 0. The summed E-state index contributed by atoms with van der Waals surface area (Å²) in [6.07, 6.45) is 0. The first kappa shape index (κ1) is 13.0. The minimum atomic E-state index is -0.485. The van der Waals surface area contributed by atoms with Gasteiger partial charge in [0.1, 0.15) is 0 Å². The van der Waals surface area contributed by atoms with Crippen molar-refractivity contribution < 1.29 is 4.79 Å². The number of nitrogen functional groups attached to an aromatic ring is 1. The van der Waals surface area contributed by atoms with Crippen LogP contribution in [0.3, 0.4) is 0 Å². The predicted molar refractivity (Wildman–Crippen MR) is 81.0 cm³/mol. The molecule has 2 aromatic carbocycles. The molecular formula is C15H14N4O2. The van der Waals surface area contributed by atoms with E-state index in [2.05, 4.69) is 10.3 Å². The van der Waals surface area contributed by atoms with Gasteiger partial charge >= 0.3 is 11.7 Å². The van der Waals surface area contributed by atoms with Crippen LogP contribution in [0.25, 0.3) is 11.0 Å². The maximum Gasteiger partial charge on any atom is 0.334 e. The fourth-order valence-corrected chi connectivity index (χ4v) is 2.17. The van der Waals surface area contributed by atoms with Gasteiger partial charge < -0.3 is 16.0 Å². The molecule has 106 valence electrons. The summed E-state index contributed by atoms with van der Waals surface area (Å²) < 4.78 is 1.05. The van der Waals surface area contributed by atoms with Gasteiger partial charge in [0.2, 0.25) is 0 Å². The molecule has 0 atom stereocenters. The number of hydrogen-bond donors (Lipinski definition) is 3. The van der Waals surface area contributed by atoms with Gasteiger partial charge in [0.25, 0.3) is 0 Å². The molecule has 0 aliphatic rings.